The number of esters is 1. The Morgan fingerprint density at radius 1 is 1.13 bits per heavy atom. The number of anilines is 1. The van der Waals surface area contributed by atoms with E-state index in [9.17, 15) is 9.59 Å². The lowest BCUT2D eigenvalue weighted by Gasteiger charge is -2.32. The van der Waals surface area contributed by atoms with E-state index in [2.05, 4.69) is 10.2 Å². The summed E-state index contributed by atoms with van der Waals surface area (Å²) in [4.78, 5) is 31.4. The summed E-state index contributed by atoms with van der Waals surface area (Å²) in [5.74, 6) is -0.471. The van der Waals surface area contributed by atoms with Crippen LogP contribution in [0, 0.1) is 0 Å². The third kappa shape index (κ3) is 4.95. The molecule has 1 amide bonds. The Balaban J connectivity index is 1.38. The van der Waals surface area contributed by atoms with Crippen LogP contribution in [0.3, 0.4) is 0 Å². The van der Waals surface area contributed by atoms with Crippen molar-refractivity contribution < 1.29 is 14.3 Å². The van der Waals surface area contributed by atoms with Crippen LogP contribution in [-0.2, 0) is 4.74 Å². The molecule has 0 saturated carbocycles. The van der Waals surface area contributed by atoms with Gasteiger partial charge < -0.3 is 15.0 Å². The second-order valence-electron chi connectivity index (χ2n) is 7.26. The number of ether oxygens (including phenoxy) is 1. The highest BCUT2D eigenvalue weighted by Crippen LogP contribution is 2.31. The minimum absolute atomic E-state index is 0.0861. The molecule has 3 aromatic rings. The Kier molecular flexibility index (Phi) is 6.65. The van der Waals surface area contributed by atoms with E-state index in [1.807, 2.05) is 12.1 Å². The van der Waals surface area contributed by atoms with Gasteiger partial charge in [-0.05, 0) is 56.2 Å². The monoisotopic (exact) mass is 477 g/mol. The molecule has 162 valence electrons. The van der Waals surface area contributed by atoms with Crippen LogP contribution in [0.25, 0.3) is 10.2 Å². The van der Waals surface area contributed by atoms with Crippen molar-refractivity contribution in [3.05, 3.63) is 57.6 Å². The summed E-state index contributed by atoms with van der Waals surface area (Å²) in [6.45, 7) is 3.72. The van der Waals surface area contributed by atoms with Crippen molar-refractivity contribution in [2.45, 2.75) is 25.8 Å². The molecular weight excluding hydrogens is 457 g/mol. The van der Waals surface area contributed by atoms with Gasteiger partial charge in [0, 0.05) is 24.7 Å². The van der Waals surface area contributed by atoms with E-state index < -0.39 is 0 Å². The van der Waals surface area contributed by atoms with E-state index in [4.69, 9.17) is 32.9 Å². The van der Waals surface area contributed by atoms with Crippen molar-refractivity contribution in [1.29, 1.82) is 0 Å². The topological polar surface area (TPSA) is 71.5 Å². The average molecular weight is 478 g/mol. The average Bonchev–Trinajstić information content (AvgIpc) is 3.19. The maximum atomic E-state index is 12.5. The highest BCUT2D eigenvalue weighted by atomic mass is 35.5. The molecule has 0 aliphatic carbocycles. The lowest BCUT2D eigenvalue weighted by atomic mass is 10.0. The first-order chi connectivity index (χ1) is 14.9. The molecule has 6 nitrogen and oxygen atoms in total. The van der Waals surface area contributed by atoms with Gasteiger partial charge in [-0.1, -0.05) is 34.5 Å². The molecule has 0 spiro atoms. The van der Waals surface area contributed by atoms with Gasteiger partial charge in [-0.3, -0.25) is 4.79 Å². The minimum Gasteiger partial charge on any atom is -0.462 e. The molecule has 1 N–H and O–H groups in total. The first-order valence-electron chi connectivity index (χ1n) is 10.0. The summed E-state index contributed by atoms with van der Waals surface area (Å²) in [6.07, 6.45) is 1.63. The highest BCUT2D eigenvalue weighted by Gasteiger charge is 2.23. The SMILES string of the molecule is CCOC(=O)c1ccc2nc(N3CCC(NC(=O)c4ccc(Cl)c(Cl)c4)CC3)sc2c1. The predicted octanol–water partition coefficient (Wildman–Crippen LogP) is 5.18. The molecule has 1 aliphatic rings. The number of rotatable bonds is 5. The lowest BCUT2D eigenvalue weighted by Crippen LogP contribution is -2.44. The third-order valence-electron chi connectivity index (χ3n) is 5.17. The minimum atomic E-state index is -0.321. The van der Waals surface area contributed by atoms with Crippen LogP contribution in [0.2, 0.25) is 10.0 Å². The summed E-state index contributed by atoms with van der Waals surface area (Å²) < 4.78 is 6.03. The van der Waals surface area contributed by atoms with E-state index in [0.29, 0.717) is 27.8 Å². The van der Waals surface area contributed by atoms with Crippen molar-refractivity contribution in [2.75, 3.05) is 24.6 Å². The molecule has 4 rings (SSSR count). The first kappa shape index (κ1) is 21.9. The van der Waals surface area contributed by atoms with Crippen molar-refractivity contribution in [3.8, 4) is 0 Å². The molecule has 1 aliphatic heterocycles. The van der Waals surface area contributed by atoms with Gasteiger partial charge in [0.2, 0.25) is 0 Å². The molecule has 2 heterocycles. The summed E-state index contributed by atoms with van der Waals surface area (Å²) in [7, 11) is 0. The molecule has 0 radical (unpaired) electrons. The normalized spacial score (nSPS) is 14.6. The number of amides is 1. The lowest BCUT2D eigenvalue weighted by molar-refractivity contribution is 0.0526. The van der Waals surface area contributed by atoms with Crippen molar-refractivity contribution in [3.63, 3.8) is 0 Å². The second-order valence-corrected chi connectivity index (χ2v) is 9.09. The molecule has 1 fully saturated rings. The van der Waals surface area contributed by atoms with Gasteiger partial charge >= 0.3 is 5.97 Å². The molecule has 1 saturated heterocycles. The molecule has 2 aromatic carbocycles. The quantitative estimate of drug-likeness (QED) is 0.512. The Morgan fingerprint density at radius 2 is 1.87 bits per heavy atom. The van der Waals surface area contributed by atoms with E-state index in [-0.39, 0.29) is 17.9 Å². The fourth-order valence-corrected chi connectivity index (χ4v) is 4.86. The smallest absolute Gasteiger partial charge is 0.338 e. The molecular formula is C22H21Cl2N3O3S. The van der Waals surface area contributed by atoms with E-state index in [1.165, 1.54) is 0 Å². The van der Waals surface area contributed by atoms with Crippen molar-refractivity contribution in [1.82, 2.24) is 10.3 Å². The number of piperidine rings is 1. The molecule has 1 aromatic heterocycles. The third-order valence-corrected chi connectivity index (χ3v) is 6.99. The van der Waals surface area contributed by atoms with Crippen molar-refractivity contribution in [2.24, 2.45) is 0 Å². The van der Waals surface area contributed by atoms with Crippen LogP contribution < -0.4 is 10.2 Å². The maximum absolute atomic E-state index is 12.5. The molecule has 0 bridgehead atoms. The number of thiazole rings is 1. The molecule has 9 heteroatoms. The Hall–Kier alpha value is -2.35. The van der Waals surface area contributed by atoms with Crippen LogP contribution in [0.15, 0.2) is 36.4 Å². The summed E-state index contributed by atoms with van der Waals surface area (Å²) in [5.41, 5.74) is 1.90. The number of fused-ring (bicyclic) bond motifs is 1. The number of hydrogen-bond acceptors (Lipinski definition) is 6. The number of nitrogens with zero attached hydrogens (tertiary/aromatic N) is 2. The predicted molar refractivity (Wildman–Crippen MR) is 125 cm³/mol. The summed E-state index contributed by atoms with van der Waals surface area (Å²) in [5, 5.41) is 4.79. The van der Waals surface area contributed by atoms with Crippen LogP contribution in [0.5, 0.6) is 0 Å². The molecule has 0 atom stereocenters. The van der Waals surface area contributed by atoms with Gasteiger partial charge in [0.15, 0.2) is 5.13 Å². The number of nitrogens with one attached hydrogen (secondary N) is 1. The van der Waals surface area contributed by atoms with Crippen molar-refractivity contribution >= 4 is 61.8 Å². The van der Waals surface area contributed by atoms with E-state index >= 15 is 0 Å². The maximum Gasteiger partial charge on any atom is 0.338 e. The summed E-state index contributed by atoms with van der Waals surface area (Å²) >= 11 is 13.5. The Bertz CT molecular complexity index is 1130. The zero-order valence-electron chi connectivity index (χ0n) is 16.9. The van der Waals surface area contributed by atoms with Crippen LogP contribution in [0.4, 0.5) is 5.13 Å². The fraction of sp³-hybridized carbons (Fsp3) is 0.318. The Labute approximate surface area is 194 Å². The van der Waals surface area contributed by atoms with E-state index in [1.54, 1.807) is 42.5 Å². The van der Waals surface area contributed by atoms with Crippen LogP contribution in [0.1, 0.15) is 40.5 Å². The van der Waals surface area contributed by atoms with Gasteiger partial charge in [-0.25, -0.2) is 9.78 Å². The second kappa shape index (κ2) is 9.42. The van der Waals surface area contributed by atoms with Gasteiger partial charge in [0.05, 0.1) is 32.4 Å². The largest absolute Gasteiger partial charge is 0.462 e. The number of carbonyl (C=O) groups excluding carboxylic acids is 2. The van der Waals surface area contributed by atoms with Gasteiger partial charge in [0.1, 0.15) is 0 Å². The Morgan fingerprint density at radius 3 is 2.58 bits per heavy atom. The summed E-state index contributed by atoms with van der Waals surface area (Å²) in [6, 6.07) is 10.4. The van der Waals surface area contributed by atoms with Crippen LogP contribution in [-0.4, -0.2) is 42.6 Å². The molecule has 31 heavy (non-hydrogen) atoms. The molecule has 0 unspecified atom stereocenters. The number of aromatic nitrogens is 1. The van der Waals surface area contributed by atoms with E-state index in [0.717, 1.165) is 41.3 Å². The van der Waals surface area contributed by atoms with Gasteiger partial charge in [-0.2, -0.15) is 0 Å². The zero-order valence-corrected chi connectivity index (χ0v) is 19.2. The highest BCUT2D eigenvalue weighted by molar-refractivity contribution is 7.22. The van der Waals surface area contributed by atoms with Gasteiger partial charge in [0.25, 0.3) is 5.91 Å². The standard InChI is InChI=1S/C22H21Cl2N3O3S/c1-2-30-21(29)14-4-6-18-19(12-14)31-22(26-18)27-9-7-15(8-10-27)25-20(28)13-3-5-16(23)17(24)11-13/h3-6,11-12,15H,2,7-10H2,1H3,(H,25,28). The number of carbonyl (C=O) groups is 2. The van der Waals surface area contributed by atoms with Crippen LogP contribution >= 0.6 is 34.5 Å². The number of halogens is 2. The zero-order chi connectivity index (χ0) is 22.0. The number of hydrogen-bond donors (Lipinski definition) is 1. The first-order valence-corrected chi connectivity index (χ1v) is 11.6. The van der Waals surface area contributed by atoms with Gasteiger partial charge in [-0.15, -0.1) is 0 Å². The number of benzene rings is 2. The fourth-order valence-electron chi connectivity index (χ4n) is 3.51.